The zero-order chi connectivity index (χ0) is 18.9. The summed E-state index contributed by atoms with van der Waals surface area (Å²) >= 11 is 0. The van der Waals surface area contributed by atoms with E-state index < -0.39 is 11.5 Å². The number of aryl methyl sites for hydroxylation is 3. The van der Waals surface area contributed by atoms with E-state index in [1.807, 2.05) is 18.3 Å². The Hall–Kier alpha value is -1.75. The summed E-state index contributed by atoms with van der Waals surface area (Å²) in [5.74, 6) is 0. The Bertz CT molecular complexity index is 747. The van der Waals surface area contributed by atoms with Crippen LogP contribution in [-0.2, 0) is 14.9 Å². The van der Waals surface area contributed by atoms with Crippen LogP contribution in [0.25, 0.3) is 0 Å². The number of methoxy groups -OCH3 is 2. The minimum Gasteiger partial charge on any atom is -0.387 e. The van der Waals surface area contributed by atoms with Crippen molar-refractivity contribution in [1.29, 1.82) is 0 Å². The molecule has 140 valence electrons. The number of rotatable bonds is 5. The SMILES string of the molecule is COC1CCC(OC)C1(c1cccnc1)C(O)c1cc(C)c(C)cc1C. The predicted molar refractivity (Wildman–Crippen MR) is 102 cm³/mol. The summed E-state index contributed by atoms with van der Waals surface area (Å²) < 4.78 is 11.8. The second-order valence-corrected chi connectivity index (χ2v) is 7.40. The zero-order valence-electron chi connectivity index (χ0n) is 16.3. The molecule has 1 aromatic heterocycles. The molecule has 0 radical (unpaired) electrons. The van der Waals surface area contributed by atoms with Crippen molar-refractivity contribution in [2.75, 3.05) is 14.2 Å². The fourth-order valence-electron chi connectivity index (χ4n) is 4.65. The third-order valence-electron chi connectivity index (χ3n) is 6.12. The Labute approximate surface area is 156 Å². The first-order chi connectivity index (χ1) is 12.5. The molecule has 0 saturated heterocycles. The average molecular weight is 355 g/mol. The highest BCUT2D eigenvalue weighted by molar-refractivity contribution is 5.43. The summed E-state index contributed by atoms with van der Waals surface area (Å²) in [6, 6.07) is 8.18. The molecule has 3 rings (SSSR count). The summed E-state index contributed by atoms with van der Waals surface area (Å²) in [4.78, 5) is 4.32. The fraction of sp³-hybridized carbons (Fsp3) is 0.500. The van der Waals surface area contributed by atoms with Crippen molar-refractivity contribution in [1.82, 2.24) is 4.98 Å². The maximum Gasteiger partial charge on any atom is 0.0940 e. The van der Waals surface area contributed by atoms with E-state index in [0.29, 0.717) is 0 Å². The van der Waals surface area contributed by atoms with Crippen molar-refractivity contribution in [2.45, 2.75) is 57.3 Å². The lowest BCUT2D eigenvalue weighted by atomic mass is 9.68. The van der Waals surface area contributed by atoms with Gasteiger partial charge in [0.2, 0.25) is 0 Å². The number of aliphatic hydroxyl groups excluding tert-OH is 1. The van der Waals surface area contributed by atoms with Gasteiger partial charge in [-0.3, -0.25) is 4.98 Å². The second-order valence-electron chi connectivity index (χ2n) is 7.40. The van der Waals surface area contributed by atoms with E-state index in [-0.39, 0.29) is 12.2 Å². The van der Waals surface area contributed by atoms with E-state index in [4.69, 9.17) is 9.47 Å². The minimum atomic E-state index is -0.747. The van der Waals surface area contributed by atoms with Gasteiger partial charge >= 0.3 is 0 Å². The lowest BCUT2D eigenvalue weighted by molar-refractivity contribution is -0.0796. The van der Waals surface area contributed by atoms with Crippen LogP contribution >= 0.6 is 0 Å². The molecule has 1 fully saturated rings. The van der Waals surface area contributed by atoms with E-state index in [0.717, 1.165) is 29.5 Å². The standard InChI is InChI=1S/C22H29NO3/c1-14-11-16(3)18(12-15(14)2)21(24)22(17-7-6-10-23-13-17)19(25-4)8-9-20(22)26-5/h6-7,10-13,19-21,24H,8-9H2,1-5H3. The third kappa shape index (κ3) is 2.86. The first kappa shape index (κ1) is 19.0. The molecule has 1 saturated carbocycles. The van der Waals surface area contributed by atoms with Gasteiger partial charge in [0.05, 0.1) is 23.7 Å². The first-order valence-corrected chi connectivity index (χ1v) is 9.18. The molecule has 4 heteroatoms. The normalized spacial score (nSPS) is 26.8. The number of pyridine rings is 1. The molecule has 0 spiro atoms. The third-order valence-corrected chi connectivity index (χ3v) is 6.12. The smallest absolute Gasteiger partial charge is 0.0940 e. The molecule has 0 bridgehead atoms. The van der Waals surface area contributed by atoms with Gasteiger partial charge < -0.3 is 14.6 Å². The minimum absolute atomic E-state index is 0.146. The van der Waals surface area contributed by atoms with Gasteiger partial charge in [-0.15, -0.1) is 0 Å². The molecule has 1 aromatic carbocycles. The van der Waals surface area contributed by atoms with E-state index in [1.165, 1.54) is 11.1 Å². The van der Waals surface area contributed by atoms with Crippen molar-refractivity contribution in [2.24, 2.45) is 0 Å². The van der Waals surface area contributed by atoms with Gasteiger partial charge in [0, 0.05) is 26.6 Å². The van der Waals surface area contributed by atoms with E-state index in [9.17, 15) is 5.11 Å². The molecule has 3 atom stereocenters. The number of aliphatic hydroxyl groups is 1. The maximum absolute atomic E-state index is 11.7. The molecule has 0 aliphatic heterocycles. The van der Waals surface area contributed by atoms with Crippen molar-refractivity contribution < 1.29 is 14.6 Å². The van der Waals surface area contributed by atoms with Gasteiger partial charge in [0.15, 0.2) is 0 Å². The fourth-order valence-corrected chi connectivity index (χ4v) is 4.65. The van der Waals surface area contributed by atoms with Crippen LogP contribution in [0.4, 0.5) is 0 Å². The van der Waals surface area contributed by atoms with Gasteiger partial charge in [0.1, 0.15) is 0 Å². The molecular weight excluding hydrogens is 326 g/mol. The molecule has 1 aliphatic carbocycles. The molecule has 2 aromatic rings. The Kier molecular flexibility index (Phi) is 5.47. The Balaban J connectivity index is 2.23. The van der Waals surface area contributed by atoms with Crippen LogP contribution in [-0.4, -0.2) is 36.5 Å². The van der Waals surface area contributed by atoms with Crippen molar-refractivity contribution in [3.63, 3.8) is 0 Å². The van der Waals surface area contributed by atoms with Crippen LogP contribution in [0.2, 0.25) is 0 Å². The van der Waals surface area contributed by atoms with Crippen molar-refractivity contribution in [3.05, 3.63) is 64.5 Å². The lowest BCUT2D eigenvalue weighted by Crippen LogP contribution is -2.50. The molecule has 1 N–H and O–H groups in total. The molecule has 26 heavy (non-hydrogen) atoms. The van der Waals surface area contributed by atoms with Crippen LogP contribution in [0, 0.1) is 20.8 Å². The highest BCUT2D eigenvalue weighted by Gasteiger charge is 2.57. The van der Waals surface area contributed by atoms with E-state index in [1.54, 1.807) is 20.4 Å². The number of aromatic nitrogens is 1. The van der Waals surface area contributed by atoms with Crippen molar-refractivity contribution in [3.8, 4) is 0 Å². The van der Waals surface area contributed by atoms with Gasteiger partial charge in [-0.05, 0) is 67.5 Å². The summed E-state index contributed by atoms with van der Waals surface area (Å²) in [5.41, 5.74) is 4.69. The van der Waals surface area contributed by atoms with Crippen LogP contribution in [0.15, 0.2) is 36.7 Å². The molecule has 0 amide bonds. The predicted octanol–water partition coefficient (Wildman–Crippen LogP) is 3.80. The largest absolute Gasteiger partial charge is 0.387 e. The van der Waals surface area contributed by atoms with E-state index >= 15 is 0 Å². The lowest BCUT2D eigenvalue weighted by Gasteiger charge is -2.43. The quantitative estimate of drug-likeness (QED) is 0.886. The summed E-state index contributed by atoms with van der Waals surface area (Å²) in [7, 11) is 3.43. The van der Waals surface area contributed by atoms with Gasteiger partial charge in [-0.1, -0.05) is 18.2 Å². The Morgan fingerprint density at radius 3 is 2.19 bits per heavy atom. The number of nitrogens with zero attached hydrogens (tertiary/aromatic N) is 1. The Morgan fingerprint density at radius 2 is 1.65 bits per heavy atom. The topological polar surface area (TPSA) is 51.6 Å². The van der Waals surface area contributed by atoms with Gasteiger partial charge in [-0.2, -0.15) is 0 Å². The highest BCUT2D eigenvalue weighted by Crippen LogP contribution is 2.52. The summed E-state index contributed by atoms with van der Waals surface area (Å²) in [5, 5.41) is 11.7. The monoisotopic (exact) mass is 355 g/mol. The number of hydrogen-bond acceptors (Lipinski definition) is 4. The van der Waals surface area contributed by atoms with Crippen molar-refractivity contribution >= 4 is 0 Å². The molecule has 1 heterocycles. The first-order valence-electron chi connectivity index (χ1n) is 9.18. The average Bonchev–Trinajstić information content (AvgIpc) is 3.04. The van der Waals surface area contributed by atoms with Crippen LogP contribution in [0.3, 0.4) is 0 Å². The zero-order valence-corrected chi connectivity index (χ0v) is 16.3. The number of hydrogen-bond donors (Lipinski definition) is 1. The molecule has 4 nitrogen and oxygen atoms in total. The van der Waals surface area contributed by atoms with Gasteiger partial charge in [0.25, 0.3) is 0 Å². The highest BCUT2D eigenvalue weighted by atomic mass is 16.5. The van der Waals surface area contributed by atoms with Crippen LogP contribution < -0.4 is 0 Å². The molecule has 3 unspecified atom stereocenters. The summed E-state index contributed by atoms with van der Waals surface area (Å²) in [6.07, 6.45) is 4.23. The number of ether oxygens (including phenoxy) is 2. The molecule has 1 aliphatic rings. The van der Waals surface area contributed by atoms with Gasteiger partial charge in [-0.25, -0.2) is 0 Å². The maximum atomic E-state index is 11.7. The Morgan fingerprint density at radius 1 is 1.04 bits per heavy atom. The number of benzene rings is 1. The molecular formula is C22H29NO3. The second kappa shape index (κ2) is 7.47. The van der Waals surface area contributed by atoms with Crippen LogP contribution in [0.5, 0.6) is 0 Å². The summed E-state index contributed by atoms with van der Waals surface area (Å²) in [6.45, 7) is 6.24. The van der Waals surface area contributed by atoms with E-state index in [2.05, 4.69) is 37.9 Å². The van der Waals surface area contributed by atoms with Crippen LogP contribution in [0.1, 0.15) is 46.8 Å².